The molecule has 0 amide bonds. The maximum atomic E-state index is 5.96. The summed E-state index contributed by atoms with van der Waals surface area (Å²) in [5.41, 5.74) is 5.96. The van der Waals surface area contributed by atoms with Gasteiger partial charge in [0.05, 0.1) is 6.10 Å². The number of ether oxygens (including phenoxy) is 1. The molecule has 1 fully saturated rings. The third-order valence-electron chi connectivity index (χ3n) is 2.65. The van der Waals surface area contributed by atoms with Gasteiger partial charge in [-0.2, -0.15) is 0 Å². The monoisotopic (exact) mass is 227 g/mol. The molecule has 1 rings (SSSR count). The van der Waals surface area contributed by atoms with Crippen LogP contribution < -0.4 is 5.73 Å². The minimum atomic E-state index is 0.261. The van der Waals surface area contributed by atoms with Crippen molar-refractivity contribution in [2.24, 2.45) is 10.7 Å². The molecule has 2 N–H and O–H groups in total. The van der Waals surface area contributed by atoms with Crippen molar-refractivity contribution in [1.82, 2.24) is 4.90 Å². The van der Waals surface area contributed by atoms with Crippen LogP contribution in [-0.4, -0.2) is 42.7 Å². The number of likely N-dealkylation sites (tertiary alicyclic amines) is 1. The summed E-state index contributed by atoms with van der Waals surface area (Å²) in [5, 5.41) is 0. The average Bonchev–Trinajstić information content (AvgIpc) is 2.26. The van der Waals surface area contributed by atoms with Crippen molar-refractivity contribution >= 4 is 5.96 Å². The largest absolute Gasteiger partial charge is 0.376 e. The number of aliphatic imine (C=N–C) groups is 1. The van der Waals surface area contributed by atoms with Crippen LogP contribution in [0.4, 0.5) is 0 Å². The number of guanidine groups is 1. The molecule has 0 spiro atoms. The highest BCUT2D eigenvalue weighted by Gasteiger charge is 2.21. The molecule has 16 heavy (non-hydrogen) atoms. The van der Waals surface area contributed by atoms with Crippen molar-refractivity contribution < 1.29 is 4.74 Å². The Morgan fingerprint density at radius 1 is 1.56 bits per heavy atom. The molecule has 1 unspecified atom stereocenters. The van der Waals surface area contributed by atoms with E-state index in [1.165, 1.54) is 0 Å². The van der Waals surface area contributed by atoms with Crippen LogP contribution in [0.5, 0.6) is 0 Å². The van der Waals surface area contributed by atoms with E-state index in [1.54, 1.807) is 0 Å². The van der Waals surface area contributed by atoms with Crippen molar-refractivity contribution in [3.8, 4) is 0 Å². The number of hydrogen-bond donors (Lipinski definition) is 1. The summed E-state index contributed by atoms with van der Waals surface area (Å²) in [7, 11) is 0. The lowest BCUT2D eigenvalue weighted by atomic mass is 10.1. The standard InChI is InChI=1S/C12H25N3O/c1-4-8-16-11-6-5-7-15(9-11)12(13)14-10(2)3/h10-11H,4-9H2,1-3H3,(H2,13,14). The molecular formula is C12H25N3O. The van der Waals surface area contributed by atoms with Crippen molar-refractivity contribution in [2.45, 2.75) is 52.2 Å². The highest BCUT2D eigenvalue weighted by Crippen LogP contribution is 2.13. The van der Waals surface area contributed by atoms with Gasteiger partial charge in [-0.1, -0.05) is 6.92 Å². The second-order valence-electron chi connectivity index (χ2n) is 4.66. The van der Waals surface area contributed by atoms with Gasteiger partial charge in [-0.15, -0.1) is 0 Å². The zero-order valence-electron chi connectivity index (χ0n) is 10.8. The van der Waals surface area contributed by atoms with Gasteiger partial charge in [0.15, 0.2) is 5.96 Å². The molecule has 0 bridgehead atoms. The Balaban J connectivity index is 2.43. The van der Waals surface area contributed by atoms with Crippen LogP contribution in [0.25, 0.3) is 0 Å². The smallest absolute Gasteiger partial charge is 0.191 e. The molecule has 4 nitrogen and oxygen atoms in total. The van der Waals surface area contributed by atoms with Crippen LogP contribution in [-0.2, 0) is 4.74 Å². The Kier molecular flexibility index (Phi) is 5.60. The van der Waals surface area contributed by atoms with Gasteiger partial charge in [0.2, 0.25) is 0 Å². The molecule has 94 valence electrons. The highest BCUT2D eigenvalue weighted by molar-refractivity contribution is 5.78. The summed E-state index contributed by atoms with van der Waals surface area (Å²) in [6.07, 6.45) is 3.69. The molecule has 1 saturated heterocycles. The van der Waals surface area contributed by atoms with E-state index >= 15 is 0 Å². The lowest BCUT2D eigenvalue weighted by Gasteiger charge is -2.33. The first-order valence-electron chi connectivity index (χ1n) is 6.33. The fourth-order valence-corrected chi connectivity index (χ4v) is 1.91. The molecule has 0 aliphatic carbocycles. The van der Waals surface area contributed by atoms with Crippen molar-refractivity contribution in [2.75, 3.05) is 19.7 Å². The van der Waals surface area contributed by atoms with Crippen LogP contribution in [0.15, 0.2) is 4.99 Å². The number of nitrogens with two attached hydrogens (primary N) is 1. The van der Waals surface area contributed by atoms with E-state index in [0.29, 0.717) is 12.1 Å². The van der Waals surface area contributed by atoms with Gasteiger partial charge in [0.1, 0.15) is 0 Å². The third-order valence-corrected chi connectivity index (χ3v) is 2.65. The minimum absolute atomic E-state index is 0.261. The van der Waals surface area contributed by atoms with Crippen molar-refractivity contribution in [3.05, 3.63) is 0 Å². The van der Waals surface area contributed by atoms with Crippen LogP contribution in [0.3, 0.4) is 0 Å². The van der Waals surface area contributed by atoms with Gasteiger partial charge in [-0.3, -0.25) is 4.99 Å². The second-order valence-corrected chi connectivity index (χ2v) is 4.66. The number of nitrogens with zero attached hydrogens (tertiary/aromatic N) is 2. The zero-order chi connectivity index (χ0) is 12.0. The van der Waals surface area contributed by atoms with Crippen LogP contribution in [0.2, 0.25) is 0 Å². The first-order valence-corrected chi connectivity index (χ1v) is 6.33. The van der Waals surface area contributed by atoms with Crippen LogP contribution >= 0.6 is 0 Å². The van der Waals surface area contributed by atoms with E-state index in [1.807, 2.05) is 13.8 Å². The van der Waals surface area contributed by atoms with Gasteiger partial charge >= 0.3 is 0 Å². The topological polar surface area (TPSA) is 50.9 Å². The Morgan fingerprint density at radius 3 is 2.94 bits per heavy atom. The van der Waals surface area contributed by atoms with Gasteiger partial charge < -0.3 is 15.4 Å². The molecule has 0 saturated carbocycles. The lowest BCUT2D eigenvalue weighted by molar-refractivity contribution is 0.0162. The van der Waals surface area contributed by atoms with Gasteiger partial charge in [-0.05, 0) is 33.1 Å². The molecule has 1 aliphatic heterocycles. The van der Waals surface area contributed by atoms with E-state index < -0.39 is 0 Å². The Morgan fingerprint density at radius 2 is 2.31 bits per heavy atom. The quantitative estimate of drug-likeness (QED) is 0.586. The fraction of sp³-hybridized carbons (Fsp3) is 0.917. The van der Waals surface area contributed by atoms with Crippen molar-refractivity contribution in [3.63, 3.8) is 0 Å². The molecule has 0 aromatic heterocycles. The Labute approximate surface area is 98.9 Å². The molecule has 0 aromatic rings. The number of piperidine rings is 1. The Hall–Kier alpha value is -0.770. The van der Waals surface area contributed by atoms with Crippen LogP contribution in [0, 0.1) is 0 Å². The van der Waals surface area contributed by atoms with E-state index in [4.69, 9.17) is 10.5 Å². The van der Waals surface area contributed by atoms with Gasteiger partial charge in [0.25, 0.3) is 0 Å². The van der Waals surface area contributed by atoms with Gasteiger partial charge in [0, 0.05) is 25.7 Å². The van der Waals surface area contributed by atoms with E-state index in [9.17, 15) is 0 Å². The first kappa shape index (κ1) is 13.3. The summed E-state index contributed by atoms with van der Waals surface area (Å²) < 4.78 is 5.77. The number of rotatable bonds is 4. The van der Waals surface area contributed by atoms with E-state index in [-0.39, 0.29) is 6.04 Å². The first-order chi connectivity index (χ1) is 7.63. The van der Waals surface area contributed by atoms with E-state index in [2.05, 4.69) is 16.8 Å². The number of hydrogen-bond acceptors (Lipinski definition) is 2. The maximum Gasteiger partial charge on any atom is 0.191 e. The molecule has 0 radical (unpaired) electrons. The van der Waals surface area contributed by atoms with E-state index in [0.717, 1.165) is 39.0 Å². The predicted octanol–water partition coefficient (Wildman–Crippen LogP) is 1.60. The predicted molar refractivity (Wildman–Crippen MR) is 67.6 cm³/mol. The molecule has 0 aromatic carbocycles. The minimum Gasteiger partial charge on any atom is -0.376 e. The third kappa shape index (κ3) is 4.39. The van der Waals surface area contributed by atoms with Crippen LogP contribution in [0.1, 0.15) is 40.0 Å². The Bertz CT molecular complexity index is 228. The summed E-state index contributed by atoms with van der Waals surface area (Å²) in [6.45, 7) is 8.97. The molecule has 1 atom stereocenters. The SMILES string of the molecule is CCCOC1CCCN(C(N)=NC(C)C)C1. The van der Waals surface area contributed by atoms with Crippen molar-refractivity contribution in [1.29, 1.82) is 0 Å². The summed E-state index contributed by atoms with van der Waals surface area (Å²) in [6, 6.07) is 0.261. The summed E-state index contributed by atoms with van der Waals surface area (Å²) in [4.78, 5) is 6.52. The van der Waals surface area contributed by atoms with Gasteiger partial charge in [-0.25, -0.2) is 0 Å². The summed E-state index contributed by atoms with van der Waals surface area (Å²) >= 11 is 0. The fourth-order valence-electron chi connectivity index (χ4n) is 1.91. The molecular weight excluding hydrogens is 202 g/mol. The zero-order valence-corrected chi connectivity index (χ0v) is 10.8. The maximum absolute atomic E-state index is 5.96. The summed E-state index contributed by atoms with van der Waals surface area (Å²) in [5.74, 6) is 0.666. The average molecular weight is 227 g/mol. The highest BCUT2D eigenvalue weighted by atomic mass is 16.5. The second kappa shape index (κ2) is 6.74. The molecule has 1 heterocycles. The molecule has 1 aliphatic rings. The molecule has 4 heteroatoms. The normalized spacial score (nSPS) is 22.9. The lowest BCUT2D eigenvalue weighted by Crippen LogP contribution is -2.47.